The average Bonchev–Trinajstić information content (AvgIpc) is 2.29. The highest BCUT2D eigenvalue weighted by Crippen LogP contribution is 2.22. The number of ether oxygens (including phenoxy) is 1. The van der Waals surface area contributed by atoms with Crippen LogP contribution in [0.4, 0.5) is 10.1 Å². The molecule has 1 aromatic carbocycles. The molecule has 5 nitrogen and oxygen atoms in total. The van der Waals surface area contributed by atoms with Gasteiger partial charge in [0.25, 0.3) is 0 Å². The van der Waals surface area contributed by atoms with Gasteiger partial charge in [0.1, 0.15) is 10.7 Å². The Labute approximate surface area is 106 Å². The summed E-state index contributed by atoms with van der Waals surface area (Å²) >= 11 is 0. The van der Waals surface area contributed by atoms with Gasteiger partial charge in [-0.05, 0) is 18.2 Å². The summed E-state index contributed by atoms with van der Waals surface area (Å²) in [5.74, 6) is -0.564. The van der Waals surface area contributed by atoms with E-state index in [4.69, 9.17) is 10.5 Å². The molecule has 0 heterocycles. The average molecular weight is 276 g/mol. The first-order valence-electron chi connectivity index (χ1n) is 5.47. The van der Waals surface area contributed by atoms with E-state index in [9.17, 15) is 12.8 Å². The van der Waals surface area contributed by atoms with E-state index in [1.54, 1.807) is 6.92 Å². The van der Waals surface area contributed by atoms with Crippen LogP contribution >= 0.6 is 0 Å². The number of halogens is 1. The largest absolute Gasteiger partial charge is 0.398 e. The number of benzene rings is 1. The van der Waals surface area contributed by atoms with E-state index in [0.717, 1.165) is 12.1 Å². The molecular weight excluding hydrogens is 259 g/mol. The van der Waals surface area contributed by atoms with Crippen LogP contribution in [0.3, 0.4) is 0 Å². The van der Waals surface area contributed by atoms with Gasteiger partial charge in [-0.15, -0.1) is 0 Å². The van der Waals surface area contributed by atoms with Gasteiger partial charge in [-0.2, -0.15) is 4.31 Å². The van der Waals surface area contributed by atoms with Crippen molar-refractivity contribution in [2.75, 3.05) is 32.5 Å². The number of nitrogens with zero attached hydrogens (tertiary/aromatic N) is 1. The molecule has 102 valence electrons. The fraction of sp³-hybridized carbons (Fsp3) is 0.455. The Kier molecular flexibility index (Phi) is 5.06. The SMILES string of the molecule is CCN(CCOC)S(=O)(=O)c1ccc(F)cc1N. The number of sulfonamides is 1. The fourth-order valence-electron chi connectivity index (χ4n) is 1.53. The predicted molar refractivity (Wildman–Crippen MR) is 67.1 cm³/mol. The van der Waals surface area contributed by atoms with E-state index >= 15 is 0 Å². The third-order valence-corrected chi connectivity index (χ3v) is 4.54. The summed E-state index contributed by atoms with van der Waals surface area (Å²) in [6.07, 6.45) is 0. The molecule has 7 heteroatoms. The number of nitrogen functional groups attached to an aromatic ring is 1. The number of nitrogens with two attached hydrogens (primary N) is 1. The Morgan fingerprint density at radius 3 is 2.61 bits per heavy atom. The quantitative estimate of drug-likeness (QED) is 0.789. The van der Waals surface area contributed by atoms with Crippen LogP contribution in [-0.4, -0.2) is 39.5 Å². The first-order chi connectivity index (χ1) is 8.43. The van der Waals surface area contributed by atoms with Crippen LogP contribution in [0.5, 0.6) is 0 Å². The minimum Gasteiger partial charge on any atom is -0.398 e. The third-order valence-electron chi connectivity index (χ3n) is 2.49. The lowest BCUT2D eigenvalue weighted by atomic mass is 10.3. The number of hydrogen-bond acceptors (Lipinski definition) is 4. The van der Waals surface area contributed by atoms with Gasteiger partial charge in [0.05, 0.1) is 12.3 Å². The molecule has 0 saturated heterocycles. The molecule has 0 aromatic heterocycles. The molecule has 0 bridgehead atoms. The Bertz CT molecular complexity index is 505. The molecule has 0 aliphatic heterocycles. The monoisotopic (exact) mass is 276 g/mol. The lowest BCUT2D eigenvalue weighted by molar-refractivity contribution is 0.180. The van der Waals surface area contributed by atoms with Crippen molar-refractivity contribution >= 4 is 15.7 Å². The lowest BCUT2D eigenvalue weighted by Gasteiger charge is -2.20. The van der Waals surface area contributed by atoms with Gasteiger partial charge in [-0.3, -0.25) is 0 Å². The zero-order chi connectivity index (χ0) is 13.8. The highest BCUT2D eigenvalue weighted by atomic mass is 32.2. The number of methoxy groups -OCH3 is 1. The fourth-order valence-corrected chi connectivity index (χ4v) is 3.06. The first-order valence-corrected chi connectivity index (χ1v) is 6.91. The zero-order valence-electron chi connectivity index (χ0n) is 10.4. The number of hydrogen-bond donors (Lipinski definition) is 1. The van der Waals surface area contributed by atoms with Gasteiger partial charge < -0.3 is 10.5 Å². The summed E-state index contributed by atoms with van der Waals surface area (Å²) < 4.78 is 43.5. The van der Waals surface area contributed by atoms with Crippen molar-refractivity contribution in [1.82, 2.24) is 4.31 Å². The van der Waals surface area contributed by atoms with Crippen LogP contribution in [0.1, 0.15) is 6.92 Å². The van der Waals surface area contributed by atoms with Crippen LogP contribution in [-0.2, 0) is 14.8 Å². The van der Waals surface area contributed by atoms with Gasteiger partial charge in [-0.1, -0.05) is 6.92 Å². The zero-order valence-corrected chi connectivity index (χ0v) is 11.2. The molecule has 18 heavy (non-hydrogen) atoms. The Balaban J connectivity index is 3.10. The van der Waals surface area contributed by atoms with Crippen molar-refractivity contribution < 1.29 is 17.5 Å². The lowest BCUT2D eigenvalue weighted by Crippen LogP contribution is -2.34. The summed E-state index contributed by atoms with van der Waals surface area (Å²) in [6.45, 7) is 2.52. The number of likely N-dealkylation sites (N-methyl/N-ethyl adjacent to an activating group) is 1. The van der Waals surface area contributed by atoms with Crippen molar-refractivity contribution in [3.8, 4) is 0 Å². The molecule has 0 saturated carbocycles. The molecule has 1 aromatic rings. The van der Waals surface area contributed by atoms with E-state index in [2.05, 4.69) is 0 Å². The van der Waals surface area contributed by atoms with Crippen LogP contribution in [0.25, 0.3) is 0 Å². The second-order valence-electron chi connectivity index (χ2n) is 3.67. The van der Waals surface area contributed by atoms with Crippen LogP contribution in [0.2, 0.25) is 0 Å². The second kappa shape index (κ2) is 6.12. The third kappa shape index (κ3) is 3.18. The van der Waals surface area contributed by atoms with E-state index in [-0.39, 0.29) is 23.7 Å². The summed E-state index contributed by atoms with van der Waals surface area (Å²) in [6, 6.07) is 3.25. The van der Waals surface area contributed by atoms with E-state index < -0.39 is 15.8 Å². The van der Waals surface area contributed by atoms with Gasteiger partial charge >= 0.3 is 0 Å². The molecule has 0 spiro atoms. The Hall–Kier alpha value is -1.18. The maximum absolute atomic E-state index is 12.9. The van der Waals surface area contributed by atoms with E-state index in [0.29, 0.717) is 6.54 Å². The molecule has 0 amide bonds. The van der Waals surface area contributed by atoms with Crippen LogP contribution < -0.4 is 5.73 Å². The van der Waals surface area contributed by atoms with Crippen molar-refractivity contribution in [3.63, 3.8) is 0 Å². The predicted octanol–water partition coefficient (Wildman–Crippen LogP) is 1.06. The maximum Gasteiger partial charge on any atom is 0.245 e. The minimum atomic E-state index is -3.71. The molecule has 0 aliphatic rings. The first kappa shape index (κ1) is 14.9. The highest BCUT2D eigenvalue weighted by molar-refractivity contribution is 7.89. The highest BCUT2D eigenvalue weighted by Gasteiger charge is 2.25. The molecule has 0 unspecified atom stereocenters. The molecule has 2 N–H and O–H groups in total. The molecule has 1 rings (SSSR count). The van der Waals surface area contributed by atoms with E-state index in [1.165, 1.54) is 17.5 Å². The molecular formula is C11H17FN2O3S. The second-order valence-corrected chi connectivity index (χ2v) is 5.58. The van der Waals surface area contributed by atoms with Crippen molar-refractivity contribution in [2.24, 2.45) is 0 Å². The maximum atomic E-state index is 12.9. The van der Waals surface area contributed by atoms with Crippen LogP contribution in [0, 0.1) is 5.82 Å². The topological polar surface area (TPSA) is 72.6 Å². The molecule has 0 atom stereocenters. The standard InChI is InChI=1S/C11H17FN2O3S/c1-3-14(6-7-17-2)18(15,16)11-5-4-9(12)8-10(11)13/h4-5,8H,3,6-7,13H2,1-2H3. The van der Waals surface area contributed by atoms with Crippen molar-refractivity contribution in [3.05, 3.63) is 24.0 Å². The summed E-state index contributed by atoms with van der Waals surface area (Å²) in [7, 11) is -2.22. The van der Waals surface area contributed by atoms with Crippen molar-refractivity contribution in [1.29, 1.82) is 0 Å². The molecule has 0 aliphatic carbocycles. The van der Waals surface area contributed by atoms with Crippen molar-refractivity contribution in [2.45, 2.75) is 11.8 Å². The van der Waals surface area contributed by atoms with E-state index in [1.807, 2.05) is 0 Å². The van der Waals surface area contributed by atoms with Gasteiger partial charge in [0, 0.05) is 20.2 Å². The number of anilines is 1. The summed E-state index contributed by atoms with van der Waals surface area (Å²) in [5, 5.41) is 0. The van der Waals surface area contributed by atoms with Gasteiger partial charge in [-0.25, -0.2) is 12.8 Å². The molecule has 0 radical (unpaired) electrons. The summed E-state index contributed by atoms with van der Waals surface area (Å²) in [4.78, 5) is -0.0816. The number of rotatable bonds is 6. The normalized spacial score (nSPS) is 12.0. The van der Waals surface area contributed by atoms with Gasteiger partial charge in [0.2, 0.25) is 10.0 Å². The minimum absolute atomic E-state index is 0.0816. The Morgan fingerprint density at radius 2 is 2.11 bits per heavy atom. The Morgan fingerprint density at radius 1 is 1.44 bits per heavy atom. The van der Waals surface area contributed by atoms with Gasteiger partial charge in [0.15, 0.2) is 0 Å². The van der Waals surface area contributed by atoms with Crippen LogP contribution in [0.15, 0.2) is 23.1 Å². The summed E-state index contributed by atoms with van der Waals surface area (Å²) in [5.41, 5.74) is 5.46. The molecule has 0 fully saturated rings. The smallest absolute Gasteiger partial charge is 0.245 e.